The molecule has 1 aromatic heterocycles. The van der Waals surface area contributed by atoms with E-state index in [0.29, 0.717) is 21.4 Å². The van der Waals surface area contributed by atoms with Gasteiger partial charge in [-0.05, 0) is 30.3 Å². The van der Waals surface area contributed by atoms with Crippen LogP contribution >= 0.6 is 23.2 Å². The number of nitrogens with one attached hydrogen (secondary N) is 1. The topological polar surface area (TPSA) is 66.0 Å². The first kappa shape index (κ1) is 13.6. The monoisotopic (exact) mass is 294 g/mol. The summed E-state index contributed by atoms with van der Waals surface area (Å²) in [5, 5.41) is 8.32. The van der Waals surface area contributed by atoms with Crippen LogP contribution in [0.25, 0.3) is 0 Å². The molecule has 0 radical (unpaired) electrons. The molecule has 0 aliphatic heterocycles. The van der Waals surface area contributed by atoms with E-state index in [1.807, 2.05) is 24.1 Å². The molecule has 0 aliphatic carbocycles. The molecule has 1 aromatic carbocycles. The zero-order valence-electron chi connectivity index (χ0n) is 10.2. The second-order valence-electron chi connectivity index (χ2n) is 3.98. The standard InChI is InChI=1S/C13H12Cl2N4/c1-19(13-11(15)6-9(14)7-18-13)10-4-2-8(3-5-10)12(16)17/h2-7H,1H3,(H3,16,17). The number of nitrogen functional groups attached to an aromatic ring is 1. The maximum Gasteiger partial charge on any atom is 0.151 e. The number of halogens is 2. The van der Waals surface area contributed by atoms with Gasteiger partial charge in [0, 0.05) is 24.5 Å². The van der Waals surface area contributed by atoms with Gasteiger partial charge in [0.15, 0.2) is 5.82 Å². The van der Waals surface area contributed by atoms with Crippen LogP contribution in [0.1, 0.15) is 5.56 Å². The summed E-state index contributed by atoms with van der Waals surface area (Å²) in [7, 11) is 1.85. The number of benzene rings is 1. The Balaban J connectivity index is 2.33. The lowest BCUT2D eigenvalue weighted by atomic mass is 10.2. The molecule has 0 saturated carbocycles. The molecule has 98 valence electrons. The highest BCUT2D eigenvalue weighted by molar-refractivity contribution is 6.36. The lowest BCUT2D eigenvalue weighted by Gasteiger charge is -2.19. The van der Waals surface area contributed by atoms with Crippen LogP contribution in [-0.4, -0.2) is 17.9 Å². The SMILES string of the molecule is CN(c1ccc(C(=N)N)cc1)c1ncc(Cl)cc1Cl. The van der Waals surface area contributed by atoms with Crippen LogP contribution in [0, 0.1) is 5.41 Å². The van der Waals surface area contributed by atoms with Crippen LogP contribution in [-0.2, 0) is 0 Å². The summed E-state index contributed by atoms with van der Waals surface area (Å²) in [4.78, 5) is 6.04. The smallest absolute Gasteiger partial charge is 0.151 e. The van der Waals surface area contributed by atoms with Crippen molar-refractivity contribution in [3.8, 4) is 0 Å². The van der Waals surface area contributed by atoms with Gasteiger partial charge in [0.1, 0.15) is 5.84 Å². The molecular weight excluding hydrogens is 283 g/mol. The fraction of sp³-hybridized carbons (Fsp3) is 0.0769. The largest absolute Gasteiger partial charge is 0.384 e. The molecule has 6 heteroatoms. The molecule has 2 rings (SSSR count). The van der Waals surface area contributed by atoms with E-state index in [-0.39, 0.29) is 5.84 Å². The highest BCUT2D eigenvalue weighted by Gasteiger charge is 2.10. The van der Waals surface area contributed by atoms with Gasteiger partial charge in [0.2, 0.25) is 0 Å². The Morgan fingerprint density at radius 1 is 1.26 bits per heavy atom. The van der Waals surface area contributed by atoms with Crippen molar-refractivity contribution in [1.82, 2.24) is 4.98 Å². The molecule has 0 amide bonds. The fourth-order valence-corrected chi connectivity index (χ4v) is 2.15. The normalized spacial score (nSPS) is 10.3. The summed E-state index contributed by atoms with van der Waals surface area (Å²) in [6.45, 7) is 0. The predicted molar refractivity (Wildman–Crippen MR) is 79.8 cm³/mol. The summed E-state index contributed by atoms with van der Waals surface area (Å²) in [5.74, 6) is 0.651. The molecule has 2 aromatic rings. The number of pyridine rings is 1. The number of hydrogen-bond donors (Lipinski definition) is 2. The average Bonchev–Trinajstić information content (AvgIpc) is 2.38. The summed E-state index contributed by atoms with van der Waals surface area (Å²) in [6.07, 6.45) is 1.54. The van der Waals surface area contributed by atoms with Gasteiger partial charge < -0.3 is 10.6 Å². The van der Waals surface area contributed by atoms with Crippen molar-refractivity contribution in [1.29, 1.82) is 5.41 Å². The van der Waals surface area contributed by atoms with E-state index in [4.69, 9.17) is 34.3 Å². The number of aromatic nitrogens is 1. The number of hydrogen-bond acceptors (Lipinski definition) is 3. The van der Waals surface area contributed by atoms with E-state index in [0.717, 1.165) is 5.69 Å². The molecule has 0 atom stereocenters. The summed E-state index contributed by atoms with van der Waals surface area (Å²) < 4.78 is 0. The minimum Gasteiger partial charge on any atom is -0.384 e. The van der Waals surface area contributed by atoms with Crippen molar-refractivity contribution in [2.24, 2.45) is 5.73 Å². The minimum absolute atomic E-state index is 0.0388. The number of nitrogens with two attached hydrogens (primary N) is 1. The Morgan fingerprint density at radius 2 is 1.89 bits per heavy atom. The molecular formula is C13H12Cl2N4. The highest BCUT2D eigenvalue weighted by Crippen LogP contribution is 2.30. The molecule has 0 unspecified atom stereocenters. The number of rotatable bonds is 3. The molecule has 3 N–H and O–H groups in total. The van der Waals surface area contributed by atoms with Crippen LogP contribution in [0.3, 0.4) is 0 Å². The van der Waals surface area contributed by atoms with E-state index in [1.165, 1.54) is 0 Å². The maximum atomic E-state index is 7.35. The quantitative estimate of drug-likeness (QED) is 0.673. The van der Waals surface area contributed by atoms with Crippen LogP contribution in [0.4, 0.5) is 11.5 Å². The Kier molecular flexibility index (Phi) is 3.93. The average molecular weight is 295 g/mol. The van der Waals surface area contributed by atoms with Gasteiger partial charge >= 0.3 is 0 Å². The van der Waals surface area contributed by atoms with Gasteiger partial charge in [-0.25, -0.2) is 4.98 Å². The van der Waals surface area contributed by atoms with Gasteiger partial charge in [-0.3, -0.25) is 5.41 Å². The molecule has 4 nitrogen and oxygen atoms in total. The molecule has 1 heterocycles. The van der Waals surface area contributed by atoms with Gasteiger partial charge in [-0.2, -0.15) is 0 Å². The van der Waals surface area contributed by atoms with Gasteiger partial charge in [0.05, 0.1) is 10.0 Å². The first-order chi connectivity index (χ1) is 8.99. The van der Waals surface area contributed by atoms with Crippen LogP contribution in [0.5, 0.6) is 0 Å². The van der Waals surface area contributed by atoms with Gasteiger partial charge in [0.25, 0.3) is 0 Å². The first-order valence-electron chi connectivity index (χ1n) is 5.48. The third-order valence-electron chi connectivity index (χ3n) is 2.67. The first-order valence-corrected chi connectivity index (χ1v) is 6.24. The number of nitrogens with zero attached hydrogens (tertiary/aromatic N) is 2. The number of amidine groups is 1. The van der Waals surface area contributed by atoms with E-state index in [9.17, 15) is 0 Å². The molecule has 0 bridgehead atoms. The van der Waals surface area contributed by atoms with E-state index in [1.54, 1.807) is 24.4 Å². The molecule has 0 aliphatic rings. The van der Waals surface area contributed by atoms with Crippen molar-refractivity contribution in [3.63, 3.8) is 0 Å². The molecule has 0 fully saturated rings. The van der Waals surface area contributed by atoms with Crippen molar-refractivity contribution < 1.29 is 0 Å². The second-order valence-corrected chi connectivity index (χ2v) is 4.82. The van der Waals surface area contributed by atoms with E-state index in [2.05, 4.69) is 4.98 Å². The Labute approximate surface area is 121 Å². The van der Waals surface area contributed by atoms with Crippen LogP contribution in [0.15, 0.2) is 36.5 Å². The fourth-order valence-electron chi connectivity index (χ4n) is 1.64. The lowest BCUT2D eigenvalue weighted by molar-refractivity contribution is 1.13. The van der Waals surface area contributed by atoms with Crippen molar-refractivity contribution in [2.75, 3.05) is 11.9 Å². The van der Waals surface area contributed by atoms with Crippen LogP contribution < -0.4 is 10.6 Å². The molecule has 19 heavy (non-hydrogen) atoms. The second kappa shape index (κ2) is 5.47. The van der Waals surface area contributed by atoms with Gasteiger partial charge in [-0.1, -0.05) is 23.2 Å². The Bertz CT molecular complexity index is 611. The summed E-state index contributed by atoms with van der Waals surface area (Å²) in [5.41, 5.74) is 6.98. The van der Waals surface area contributed by atoms with Crippen molar-refractivity contribution in [2.45, 2.75) is 0 Å². The predicted octanol–water partition coefficient (Wildman–Crippen LogP) is 3.44. The number of anilines is 2. The van der Waals surface area contributed by atoms with Gasteiger partial charge in [-0.15, -0.1) is 0 Å². The lowest BCUT2D eigenvalue weighted by Crippen LogP contribution is -2.13. The zero-order chi connectivity index (χ0) is 14.0. The third kappa shape index (κ3) is 2.97. The van der Waals surface area contributed by atoms with E-state index < -0.39 is 0 Å². The Hall–Kier alpha value is -1.78. The molecule has 0 saturated heterocycles. The van der Waals surface area contributed by atoms with Crippen molar-refractivity contribution in [3.05, 3.63) is 52.1 Å². The minimum atomic E-state index is 0.0388. The summed E-state index contributed by atoms with van der Waals surface area (Å²) >= 11 is 11.9. The highest BCUT2D eigenvalue weighted by atomic mass is 35.5. The van der Waals surface area contributed by atoms with Crippen LogP contribution in [0.2, 0.25) is 10.0 Å². The third-order valence-corrected chi connectivity index (χ3v) is 3.16. The van der Waals surface area contributed by atoms with E-state index >= 15 is 0 Å². The Morgan fingerprint density at radius 3 is 2.42 bits per heavy atom. The maximum absolute atomic E-state index is 7.35. The zero-order valence-corrected chi connectivity index (χ0v) is 11.7. The van der Waals surface area contributed by atoms with Crippen molar-refractivity contribution >= 4 is 40.5 Å². The summed E-state index contributed by atoms with van der Waals surface area (Å²) in [6, 6.07) is 8.90. The molecule has 0 spiro atoms.